The van der Waals surface area contributed by atoms with Gasteiger partial charge in [-0.25, -0.2) is 0 Å². The van der Waals surface area contributed by atoms with Crippen LogP contribution in [0.25, 0.3) is 11.4 Å². The highest BCUT2D eigenvalue weighted by molar-refractivity contribution is 5.91. The van der Waals surface area contributed by atoms with E-state index in [2.05, 4.69) is 20.6 Å². The smallest absolute Gasteiger partial charge is 0.241 e. The zero-order chi connectivity index (χ0) is 18.5. The Bertz CT molecular complexity index is 871. The van der Waals surface area contributed by atoms with Crippen molar-refractivity contribution in [2.75, 3.05) is 26.0 Å². The summed E-state index contributed by atoms with van der Waals surface area (Å²) in [6.45, 7) is 2.24. The van der Waals surface area contributed by atoms with Crippen molar-refractivity contribution in [3.8, 4) is 17.1 Å². The SMILES string of the molecule is COc1ccc(-c2noc(CN(C)CC(=O)Nc3cc(C)on3)n2)cc1. The molecule has 0 atom stereocenters. The fraction of sp³-hybridized carbons (Fsp3) is 0.294. The number of amides is 1. The summed E-state index contributed by atoms with van der Waals surface area (Å²) in [5, 5.41) is 10.3. The van der Waals surface area contributed by atoms with E-state index in [0.29, 0.717) is 29.8 Å². The van der Waals surface area contributed by atoms with E-state index >= 15 is 0 Å². The molecule has 9 nitrogen and oxygen atoms in total. The maximum atomic E-state index is 12.0. The number of aromatic nitrogens is 3. The molecule has 0 radical (unpaired) electrons. The average molecular weight is 357 g/mol. The minimum atomic E-state index is -0.212. The largest absolute Gasteiger partial charge is 0.497 e. The molecule has 2 heterocycles. The number of rotatable bonds is 7. The van der Waals surface area contributed by atoms with Crippen molar-refractivity contribution in [1.82, 2.24) is 20.2 Å². The van der Waals surface area contributed by atoms with Crippen molar-refractivity contribution in [3.05, 3.63) is 42.0 Å². The number of carbonyl (C=O) groups excluding carboxylic acids is 1. The highest BCUT2D eigenvalue weighted by atomic mass is 16.5. The average Bonchev–Trinajstić information content (AvgIpc) is 3.24. The summed E-state index contributed by atoms with van der Waals surface area (Å²) in [5.74, 6) is 2.47. The van der Waals surface area contributed by atoms with Gasteiger partial charge in [0, 0.05) is 11.6 Å². The molecule has 3 rings (SSSR count). The van der Waals surface area contributed by atoms with Crippen LogP contribution in [0, 0.1) is 6.92 Å². The van der Waals surface area contributed by atoms with Crippen LogP contribution in [0.2, 0.25) is 0 Å². The number of nitrogens with one attached hydrogen (secondary N) is 1. The van der Waals surface area contributed by atoms with Crippen molar-refractivity contribution in [2.45, 2.75) is 13.5 Å². The fourth-order valence-electron chi connectivity index (χ4n) is 2.32. The van der Waals surface area contributed by atoms with Crippen LogP contribution in [-0.4, -0.2) is 46.8 Å². The second-order valence-corrected chi connectivity index (χ2v) is 5.78. The van der Waals surface area contributed by atoms with Gasteiger partial charge in [-0.3, -0.25) is 9.69 Å². The summed E-state index contributed by atoms with van der Waals surface area (Å²) < 4.78 is 15.3. The molecule has 0 aliphatic carbocycles. The molecule has 136 valence electrons. The number of benzene rings is 1. The molecule has 9 heteroatoms. The van der Waals surface area contributed by atoms with E-state index in [4.69, 9.17) is 13.8 Å². The second-order valence-electron chi connectivity index (χ2n) is 5.78. The standard InChI is InChI=1S/C17H19N5O4/c1-11-8-14(20-25-11)18-15(23)9-22(2)10-16-19-17(21-26-16)12-4-6-13(24-3)7-5-12/h4-8H,9-10H2,1-3H3,(H,18,20,23). The van der Waals surface area contributed by atoms with Gasteiger partial charge in [0.05, 0.1) is 20.2 Å². The van der Waals surface area contributed by atoms with Crippen LogP contribution in [0.5, 0.6) is 5.75 Å². The van der Waals surface area contributed by atoms with Crippen LogP contribution in [0.1, 0.15) is 11.7 Å². The molecule has 0 fully saturated rings. The second kappa shape index (κ2) is 7.79. The van der Waals surface area contributed by atoms with E-state index in [9.17, 15) is 4.79 Å². The van der Waals surface area contributed by atoms with Gasteiger partial charge < -0.3 is 19.1 Å². The lowest BCUT2D eigenvalue weighted by molar-refractivity contribution is -0.117. The first-order chi connectivity index (χ1) is 12.5. The van der Waals surface area contributed by atoms with Crippen molar-refractivity contribution < 1.29 is 18.6 Å². The van der Waals surface area contributed by atoms with E-state index in [1.165, 1.54) is 0 Å². The molecule has 1 N–H and O–H groups in total. The van der Waals surface area contributed by atoms with E-state index in [0.717, 1.165) is 11.3 Å². The van der Waals surface area contributed by atoms with Gasteiger partial charge in [0.15, 0.2) is 5.82 Å². The van der Waals surface area contributed by atoms with Gasteiger partial charge in [-0.15, -0.1) is 0 Å². The van der Waals surface area contributed by atoms with Crippen molar-refractivity contribution in [3.63, 3.8) is 0 Å². The number of nitrogens with zero attached hydrogens (tertiary/aromatic N) is 4. The number of ether oxygens (including phenoxy) is 1. The Kier molecular flexibility index (Phi) is 5.28. The number of hydrogen-bond donors (Lipinski definition) is 1. The maximum absolute atomic E-state index is 12.0. The number of aryl methyl sites for hydroxylation is 1. The molecule has 0 unspecified atom stereocenters. The molecule has 0 aliphatic rings. The van der Waals surface area contributed by atoms with Gasteiger partial charge in [0.25, 0.3) is 0 Å². The number of methoxy groups -OCH3 is 1. The molecular formula is C17H19N5O4. The molecule has 0 saturated carbocycles. The molecule has 0 spiro atoms. The highest BCUT2D eigenvalue weighted by Crippen LogP contribution is 2.20. The van der Waals surface area contributed by atoms with Crippen molar-refractivity contribution in [1.29, 1.82) is 0 Å². The molecule has 1 amide bonds. The highest BCUT2D eigenvalue weighted by Gasteiger charge is 2.14. The van der Waals surface area contributed by atoms with E-state index < -0.39 is 0 Å². The van der Waals surface area contributed by atoms with Crippen LogP contribution < -0.4 is 10.1 Å². The maximum Gasteiger partial charge on any atom is 0.241 e. The predicted octanol–water partition coefficient (Wildman–Crippen LogP) is 2.11. The summed E-state index contributed by atoms with van der Waals surface area (Å²) >= 11 is 0. The monoisotopic (exact) mass is 357 g/mol. The summed E-state index contributed by atoms with van der Waals surface area (Å²) in [5.41, 5.74) is 0.822. The molecule has 0 bridgehead atoms. The van der Waals surface area contributed by atoms with Crippen LogP contribution in [0.15, 0.2) is 39.4 Å². The molecule has 1 aromatic carbocycles. The van der Waals surface area contributed by atoms with Gasteiger partial charge in [0.2, 0.25) is 17.6 Å². The molecule has 2 aromatic heterocycles. The molecule has 3 aromatic rings. The van der Waals surface area contributed by atoms with Crippen LogP contribution in [0.3, 0.4) is 0 Å². The lowest BCUT2D eigenvalue weighted by Gasteiger charge is -2.12. The van der Waals surface area contributed by atoms with Crippen LogP contribution >= 0.6 is 0 Å². The molecule has 0 aliphatic heterocycles. The third-order valence-corrected chi connectivity index (χ3v) is 3.53. The zero-order valence-corrected chi connectivity index (χ0v) is 14.7. The minimum Gasteiger partial charge on any atom is -0.497 e. The first-order valence-corrected chi connectivity index (χ1v) is 7.92. The van der Waals surface area contributed by atoms with Crippen molar-refractivity contribution in [2.24, 2.45) is 0 Å². The third kappa shape index (κ3) is 4.45. The Morgan fingerprint density at radius 2 is 2.00 bits per heavy atom. The quantitative estimate of drug-likeness (QED) is 0.685. The minimum absolute atomic E-state index is 0.145. The Balaban J connectivity index is 1.55. The van der Waals surface area contributed by atoms with Crippen molar-refractivity contribution >= 4 is 11.7 Å². The van der Waals surface area contributed by atoms with E-state index in [1.807, 2.05) is 24.3 Å². The number of anilines is 1. The summed E-state index contributed by atoms with van der Waals surface area (Å²) in [4.78, 5) is 18.1. The lowest BCUT2D eigenvalue weighted by atomic mass is 10.2. The summed E-state index contributed by atoms with van der Waals surface area (Å²) in [7, 11) is 3.39. The van der Waals surface area contributed by atoms with Gasteiger partial charge in [-0.05, 0) is 38.2 Å². The number of hydrogen-bond acceptors (Lipinski definition) is 8. The zero-order valence-electron chi connectivity index (χ0n) is 14.7. The first kappa shape index (κ1) is 17.6. The Morgan fingerprint density at radius 1 is 1.23 bits per heavy atom. The number of likely N-dealkylation sites (N-methyl/N-ethyl adjacent to an activating group) is 1. The van der Waals surface area contributed by atoms with Gasteiger partial charge >= 0.3 is 0 Å². The first-order valence-electron chi connectivity index (χ1n) is 7.92. The topological polar surface area (TPSA) is 107 Å². The Morgan fingerprint density at radius 3 is 2.65 bits per heavy atom. The van der Waals surface area contributed by atoms with Crippen LogP contribution in [-0.2, 0) is 11.3 Å². The van der Waals surface area contributed by atoms with E-state index in [1.54, 1.807) is 32.0 Å². The molecule has 26 heavy (non-hydrogen) atoms. The molecular weight excluding hydrogens is 338 g/mol. The Labute approximate surface area is 149 Å². The fourth-order valence-corrected chi connectivity index (χ4v) is 2.32. The van der Waals surface area contributed by atoms with Gasteiger partial charge in [-0.1, -0.05) is 10.3 Å². The van der Waals surface area contributed by atoms with Gasteiger partial charge in [0.1, 0.15) is 11.5 Å². The predicted molar refractivity (Wildman–Crippen MR) is 92.5 cm³/mol. The summed E-state index contributed by atoms with van der Waals surface area (Å²) in [6, 6.07) is 9.01. The third-order valence-electron chi connectivity index (χ3n) is 3.53. The normalized spacial score (nSPS) is 10.9. The van der Waals surface area contributed by atoms with E-state index in [-0.39, 0.29) is 12.5 Å². The number of carbonyl (C=O) groups is 1. The summed E-state index contributed by atoms with van der Waals surface area (Å²) in [6.07, 6.45) is 0. The van der Waals surface area contributed by atoms with Gasteiger partial charge in [-0.2, -0.15) is 4.98 Å². The molecule has 0 saturated heterocycles. The lowest BCUT2D eigenvalue weighted by Crippen LogP contribution is -2.30. The van der Waals surface area contributed by atoms with Crippen LogP contribution in [0.4, 0.5) is 5.82 Å². The Hall–Kier alpha value is -3.20.